The van der Waals surface area contributed by atoms with Crippen molar-refractivity contribution in [3.8, 4) is 5.75 Å². The lowest BCUT2D eigenvalue weighted by molar-refractivity contribution is 0.343. The molecule has 0 aliphatic rings. The Kier molecular flexibility index (Phi) is 4.37. The molecular weight excluding hydrogens is 362 g/mol. The molecule has 0 unspecified atom stereocenters. The summed E-state index contributed by atoms with van der Waals surface area (Å²) in [5.74, 6) is 0.559. The maximum Gasteiger partial charge on any atom is 0.262 e. The number of pyridine rings is 2. The van der Waals surface area contributed by atoms with Gasteiger partial charge < -0.3 is 4.74 Å². The molecule has 0 saturated heterocycles. The summed E-state index contributed by atoms with van der Waals surface area (Å²) in [4.78, 5) is 8.70. The Morgan fingerprint density at radius 3 is 2.67 bits per heavy atom. The van der Waals surface area contributed by atoms with Crippen LogP contribution in [0, 0.1) is 0 Å². The van der Waals surface area contributed by atoms with E-state index in [4.69, 9.17) is 4.74 Å². The highest BCUT2D eigenvalue weighted by atomic mass is 32.2. The third-order valence-electron chi connectivity index (χ3n) is 4.14. The lowest BCUT2D eigenvalue weighted by atomic mass is 10.2. The lowest BCUT2D eigenvalue weighted by Crippen LogP contribution is -2.13. The molecule has 0 atom stereocenters. The molecule has 0 aliphatic heterocycles. The highest BCUT2D eigenvalue weighted by Gasteiger charge is 2.20. The first-order valence-corrected chi connectivity index (χ1v) is 9.95. The van der Waals surface area contributed by atoms with E-state index in [1.165, 1.54) is 0 Å². The van der Waals surface area contributed by atoms with Gasteiger partial charge in [0.05, 0.1) is 17.0 Å². The van der Waals surface area contributed by atoms with Crippen molar-refractivity contribution < 1.29 is 13.2 Å². The first-order valence-electron chi connectivity index (χ1n) is 8.46. The van der Waals surface area contributed by atoms with Crippen molar-refractivity contribution in [1.82, 2.24) is 9.97 Å². The minimum absolute atomic E-state index is 0.153. The highest BCUT2D eigenvalue weighted by molar-refractivity contribution is 7.93. The Morgan fingerprint density at radius 1 is 1.00 bits per heavy atom. The van der Waals surface area contributed by atoms with Gasteiger partial charge >= 0.3 is 0 Å². The molecule has 2 aromatic heterocycles. The van der Waals surface area contributed by atoms with E-state index in [0.717, 1.165) is 10.9 Å². The van der Waals surface area contributed by atoms with Crippen molar-refractivity contribution in [3.05, 3.63) is 67.0 Å². The second kappa shape index (κ2) is 6.85. The van der Waals surface area contributed by atoms with Crippen LogP contribution in [0.5, 0.6) is 5.75 Å². The number of hydrogen-bond acceptors (Lipinski definition) is 5. The van der Waals surface area contributed by atoms with Crippen molar-refractivity contribution in [3.63, 3.8) is 0 Å². The third kappa shape index (κ3) is 3.29. The van der Waals surface area contributed by atoms with E-state index in [9.17, 15) is 8.42 Å². The van der Waals surface area contributed by atoms with Crippen LogP contribution in [0.1, 0.15) is 6.92 Å². The fourth-order valence-corrected chi connectivity index (χ4v) is 4.22. The summed E-state index contributed by atoms with van der Waals surface area (Å²) < 4.78 is 34.3. The highest BCUT2D eigenvalue weighted by Crippen LogP contribution is 2.31. The topological polar surface area (TPSA) is 81.2 Å². The number of anilines is 1. The summed E-state index contributed by atoms with van der Waals surface area (Å²) in [5, 5.41) is 1.37. The number of hydrogen-bond donors (Lipinski definition) is 1. The van der Waals surface area contributed by atoms with Crippen LogP contribution in [0.2, 0.25) is 0 Å². The molecule has 4 rings (SSSR count). The first kappa shape index (κ1) is 17.2. The van der Waals surface area contributed by atoms with Crippen LogP contribution in [0.15, 0.2) is 71.9 Å². The molecule has 0 aliphatic carbocycles. The molecule has 27 heavy (non-hydrogen) atoms. The van der Waals surface area contributed by atoms with Crippen LogP contribution < -0.4 is 9.46 Å². The van der Waals surface area contributed by atoms with Gasteiger partial charge in [0, 0.05) is 28.9 Å². The van der Waals surface area contributed by atoms with Crippen molar-refractivity contribution in [2.75, 3.05) is 11.3 Å². The normalized spacial score (nSPS) is 11.6. The fraction of sp³-hybridized carbons (Fsp3) is 0.100. The molecule has 2 heterocycles. The number of sulfonamides is 1. The molecule has 6 nitrogen and oxygen atoms in total. The molecule has 0 fully saturated rings. The van der Waals surface area contributed by atoms with Crippen LogP contribution in [0.4, 0.5) is 5.69 Å². The number of ether oxygens (including phenoxy) is 1. The monoisotopic (exact) mass is 379 g/mol. The zero-order valence-electron chi connectivity index (χ0n) is 14.6. The van der Waals surface area contributed by atoms with Gasteiger partial charge in [-0.3, -0.25) is 14.7 Å². The quantitative estimate of drug-likeness (QED) is 0.567. The maximum atomic E-state index is 13.0. The van der Waals surface area contributed by atoms with Crippen LogP contribution >= 0.6 is 0 Å². The Labute approximate surface area is 156 Å². The first-order chi connectivity index (χ1) is 13.1. The summed E-state index contributed by atoms with van der Waals surface area (Å²) in [7, 11) is -3.81. The lowest BCUT2D eigenvalue weighted by Gasteiger charge is -2.13. The average molecular weight is 379 g/mol. The fourth-order valence-electron chi connectivity index (χ4n) is 2.98. The molecule has 0 bridgehead atoms. The summed E-state index contributed by atoms with van der Waals surface area (Å²) in [6.07, 6.45) is 3.32. The van der Waals surface area contributed by atoms with E-state index in [0.29, 0.717) is 28.9 Å². The minimum atomic E-state index is -3.81. The van der Waals surface area contributed by atoms with Crippen LogP contribution in [0.3, 0.4) is 0 Å². The van der Waals surface area contributed by atoms with Crippen LogP contribution in [-0.4, -0.2) is 25.0 Å². The summed E-state index contributed by atoms with van der Waals surface area (Å²) >= 11 is 0. The largest absolute Gasteiger partial charge is 0.492 e. The molecule has 136 valence electrons. The van der Waals surface area contributed by atoms with Crippen molar-refractivity contribution in [2.24, 2.45) is 0 Å². The van der Waals surface area contributed by atoms with Gasteiger partial charge in [-0.2, -0.15) is 0 Å². The second-order valence-corrected chi connectivity index (χ2v) is 7.56. The number of benzene rings is 2. The van der Waals surface area contributed by atoms with Crippen LogP contribution in [-0.2, 0) is 10.0 Å². The number of aromatic nitrogens is 2. The third-order valence-corrected chi connectivity index (χ3v) is 5.58. The van der Waals surface area contributed by atoms with Gasteiger partial charge in [0.25, 0.3) is 10.0 Å². The number of nitrogens with one attached hydrogen (secondary N) is 1. The Bertz CT molecular complexity index is 1240. The Balaban J connectivity index is 1.78. The van der Waals surface area contributed by atoms with Crippen LogP contribution in [0.25, 0.3) is 21.8 Å². The molecule has 7 heteroatoms. The van der Waals surface area contributed by atoms with Gasteiger partial charge in [-0.15, -0.1) is 0 Å². The summed E-state index contributed by atoms with van der Waals surface area (Å²) in [6, 6.07) is 15.5. The van der Waals surface area contributed by atoms with Crippen molar-refractivity contribution >= 4 is 37.5 Å². The molecule has 1 N–H and O–H groups in total. The molecule has 0 amide bonds. The van der Waals surface area contributed by atoms with Gasteiger partial charge in [-0.05, 0) is 55.5 Å². The second-order valence-electron chi connectivity index (χ2n) is 5.91. The molecule has 0 saturated carbocycles. The standard InChI is InChI=1S/C20H17N3O3S/c1-2-26-18-9-10-19(16-6-4-12-22-20(16)18)27(24,25)23-15-7-8-17-14(13-15)5-3-11-21-17/h3-13,23H,2H2,1H3. The zero-order chi connectivity index (χ0) is 18.9. The number of rotatable bonds is 5. The van der Waals surface area contributed by atoms with E-state index in [2.05, 4.69) is 14.7 Å². The van der Waals surface area contributed by atoms with Gasteiger partial charge in [0.2, 0.25) is 0 Å². The predicted molar refractivity (Wildman–Crippen MR) is 105 cm³/mol. The summed E-state index contributed by atoms with van der Waals surface area (Å²) in [5.41, 5.74) is 1.79. The van der Waals surface area contributed by atoms with E-state index in [1.807, 2.05) is 19.1 Å². The molecule has 0 spiro atoms. The molecule has 4 aromatic rings. The van der Waals surface area contributed by atoms with E-state index >= 15 is 0 Å². The van der Waals surface area contributed by atoms with Gasteiger partial charge in [0.1, 0.15) is 11.3 Å². The van der Waals surface area contributed by atoms with Gasteiger partial charge in [0.15, 0.2) is 0 Å². The van der Waals surface area contributed by atoms with Crippen molar-refractivity contribution in [1.29, 1.82) is 0 Å². The van der Waals surface area contributed by atoms with Crippen molar-refractivity contribution in [2.45, 2.75) is 11.8 Å². The smallest absolute Gasteiger partial charge is 0.262 e. The van der Waals surface area contributed by atoms with Gasteiger partial charge in [-0.25, -0.2) is 8.42 Å². The molecular formula is C20H17N3O3S. The SMILES string of the molecule is CCOc1ccc(S(=O)(=O)Nc2ccc3ncccc3c2)c2cccnc12. The minimum Gasteiger partial charge on any atom is -0.492 e. The van der Waals surface area contributed by atoms with E-state index in [1.54, 1.807) is 54.9 Å². The zero-order valence-corrected chi connectivity index (χ0v) is 15.4. The molecule has 2 aromatic carbocycles. The van der Waals surface area contributed by atoms with E-state index < -0.39 is 10.0 Å². The molecule has 0 radical (unpaired) electrons. The maximum absolute atomic E-state index is 13.0. The van der Waals surface area contributed by atoms with Gasteiger partial charge in [-0.1, -0.05) is 6.07 Å². The van der Waals surface area contributed by atoms with E-state index in [-0.39, 0.29) is 4.90 Å². The Morgan fingerprint density at radius 2 is 1.81 bits per heavy atom. The number of fused-ring (bicyclic) bond motifs is 2. The Hall–Kier alpha value is -3.19. The summed E-state index contributed by atoms with van der Waals surface area (Å²) in [6.45, 7) is 2.34. The number of nitrogens with zero attached hydrogens (tertiary/aromatic N) is 2. The predicted octanol–water partition coefficient (Wildman–Crippen LogP) is 3.98. The average Bonchev–Trinajstić information content (AvgIpc) is 2.68.